The summed E-state index contributed by atoms with van der Waals surface area (Å²) < 4.78 is 42.1. The zero-order valence-corrected chi connectivity index (χ0v) is 19.7. The summed E-state index contributed by atoms with van der Waals surface area (Å²) in [6.45, 7) is 3.23. The zero-order valence-electron chi connectivity index (χ0n) is 18.1. The molecule has 180 valence electrons. The van der Waals surface area contributed by atoms with Crippen LogP contribution >= 0.6 is 23.1 Å². The molecular weight excluding hydrogens is 478 g/mol. The maximum absolute atomic E-state index is 14.0. The third-order valence-corrected chi connectivity index (χ3v) is 6.09. The van der Waals surface area contributed by atoms with Gasteiger partial charge >= 0.3 is 12.0 Å². The first kappa shape index (κ1) is 25.1. The van der Waals surface area contributed by atoms with Crippen molar-refractivity contribution in [2.24, 2.45) is 0 Å². The predicted molar refractivity (Wildman–Crippen MR) is 121 cm³/mol. The third-order valence-electron chi connectivity index (χ3n) is 5.12. The van der Waals surface area contributed by atoms with Gasteiger partial charge in [0.2, 0.25) is 5.88 Å². The molecule has 0 saturated carbocycles. The van der Waals surface area contributed by atoms with E-state index >= 15 is 0 Å². The second-order valence-corrected chi connectivity index (χ2v) is 8.67. The van der Waals surface area contributed by atoms with Gasteiger partial charge in [0.25, 0.3) is 0 Å². The smallest absolute Gasteiger partial charge is 0.346 e. The number of nitrogens with one attached hydrogen (secondary N) is 2. The molecule has 8 nitrogen and oxygen atoms in total. The number of amides is 2. The molecule has 1 aromatic carbocycles. The van der Waals surface area contributed by atoms with E-state index in [9.17, 15) is 18.4 Å². The van der Waals surface area contributed by atoms with Crippen LogP contribution < -0.4 is 15.4 Å². The Morgan fingerprint density at radius 3 is 2.58 bits per heavy atom. The maximum Gasteiger partial charge on any atom is 0.346 e. The summed E-state index contributed by atoms with van der Waals surface area (Å²) in [7, 11) is 1.16. The quantitative estimate of drug-likeness (QED) is 0.368. The third kappa shape index (κ3) is 6.99. The second-order valence-electron chi connectivity index (χ2n) is 7.46. The highest BCUT2D eigenvalue weighted by Crippen LogP contribution is 2.32. The monoisotopic (exact) mass is 502 g/mol. The lowest BCUT2D eigenvalue weighted by Crippen LogP contribution is -2.30. The molecule has 1 fully saturated rings. The molecule has 0 bridgehead atoms. The Bertz CT molecular complexity index is 962. The van der Waals surface area contributed by atoms with Crippen molar-refractivity contribution in [2.45, 2.75) is 32.3 Å². The van der Waals surface area contributed by atoms with Crippen LogP contribution in [0.4, 0.5) is 18.6 Å². The Hall–Kier alpha value is -2.50. The van der Waals surface area contributed by atoms with Crippen LogP contribution in [0.1, 0.15) is 41.6 Å². The molecule has 1 aliphatic heterocycles. The lowest BCUT2D eigenvalue weighted by molar-refractivity contribution is 0.0596. The first-order valence-electron chi connectivity index (χ1n) is 10.5. The number of anilines is 1. The summed E-state index contributed by atoms with van der Waals surface area (Å²) in [5.74, 6) is -2.80. The minimum Gasteiger partial charge on any atom is -0.471 e. The van der Waals surface area contributed by atoms with Crippen molar-refractivity contribution in [3.63, 3.8) is 0 Å². The largest absolute Gasteiger partial charge is 0.471 e. The van der Waals surface area contributed by atoms with Gasteiger partial charge in [-0.15, -0.1) is 0 Å². The molecule has 0 atom stereocenters. The minimum atomic E-state index is -0.891. The summed E-state index contributed by atoms with van der Waals surface area (Å²) in [6, 6.07) is 1.40. The molecular formula is C21H25ClF2N4O4S. The molecule has 0 spiro atoms. The molecule has 0 radical (unpaired) electrons. The van der Waals surface area contributed by atoms with E-state index in [2.05, 4.69) is 19.9 Å². The van der Waals surface area contributed by atoms with E-state index in [1.807, 2.05) is 0 Å². The van der Waals surface area contributed by atoms with Gasteiger partial charge in [0.05, 0.1) is 12.7 Å². The normalized spacial score (nSPS) is 13.7. The molecule has 1 aromatic heterocycles. The summed E-state index contributed by atoms with van der Waals surface area (Å²) in [5, 5.41) is 5.30. The van der Waals surface area contributed by atoms with Gasteiger partial charge in [0.1, 0.15) is 23.2 Å². The number of carbonyl (C=O) groups is 2. The van der Waals surface area contributed by atoms with Crippen LogP contribution in [0.2, 0.25) is 5.02 Å². The van der Waals surface area contributed by atoms with Gasteiger partial charge in [-0.25, -0.2) is 18.4 Å². The molecule has 2 heterocycles. The summed E-state index contributed by atoms with van der Waals surface area (Å²) in [6.07, 6.45) is 4.29. The molecule has 2 aromatic rings. The summed E-state index contributed by atoms with van der Waals surface area (Å²) >= 11 is 6.41. The van der Waals surface area contributed by atoms with E-state index in [-0.39, 0.29) is 27.0 Å². The van der Waals surface area contributed by atoms with E-state index in [4.69, 9.17) is 21.1 Å². The Morgan fingerprint density at radius 2 is 1.91 bits per heavy atom. The number of aromatic nitrogens is 1. The fourth-order valence-electron chi connectivity index (χ4n) is 3.41. The second kappa shape index (κ2) is 12.1. The Balaban J connectivity index is 1.56. The van der Waals surface area contributed by atoms with Crippen LogP contribution in [0.25, 0.3) is 0 Å². The van der Waals surface area contributed by atoms with E-state index in [0.29, 0.717) is 6.54 Å². The highest BCUT2D eigenvalue weighted by Gasteiger charge is 2.25. The predicted octanol–water partition coefficient (Wildman–Crippen LogP) is 4.44. The maximum atomic E-state index is 14.0. The topological polar surface area (TPSA) is 92.8 Å². The molecule has 1 aliphatic rings. The van der Waals surface area contributed by atoms with Gasteiger partial charge < -0.3 is 19.7 Å². The minimum absolute atomic E-state index is 0.0915. The van der Waals surface area contributed by atoms with Crippen molar-refractivity contribution < 1.29 is 27.8 Å². The van der Waals surface area contributed by atoms with Crippen LogP contribution in [-0.2, 0) is 11.3 Å². The van der Waals surface area contributed by atoms with E-state index in [0.717, 1.165) is 63.3 Å². The standard InChI is InChI=1S/C21H25ClF2N4O4S/c1-31-20(29)17-18(32-12-14-15(23)10-13(22)11-16(14)24)27-33-19(17)26-21(30)25-6-2-3-7-28-8-4-5-9-28/h10-11H,2-9,12H2,1H3,(H2,25,26,30). The van der Waals surface area contributed by atoms with Gasteiger partial charge in [-0.3, -0.25) is 5.32 Å². The average Bonchev–Trinajstić information content (AvgIpc) is 3.42. The molecule has 0 unspecified atom stereocenters. The number of urea groups is 1. The van der Waals surface area contributed by atoms with Crippen molar-refractivity contribution in [1.29, 1.82) is 0 Å². The van der Waals surface area contributed by atoms with Crippen LogP contribution in [0.15, 0.2) is 12.1 Å². The van der Waals surface area contributed by atoms with Crippen molar-refractivity contribution in [3.8, 4) is 5.88 Å². The van der Waals surface area contributed by atoms with Crippen LogP contribution in [0, 0.1) is 11.6 Å². The number of likely N-dealkylation sites (tertiary alicyclic amines) is 1. The zero-order chi connectivity index (χ0) is 23.8. The van der Waals surface area contributed by atoms with E-state index < -0.39 is 30.2 Å². The van der Waals surface area contributed by atoms with E-state index in [1.165, 1.54) is 12.8 Å². The number of esters is 1. The average molecular weight is 503 g/mol. The number of hydrogen-bond acceptors (Lipinski definition) is 7. The van der Waals surface area contributed by atoms with Gasteiger partial charge in [-0.2, -0.15) is 4.37 Å². The lowest BCUT2D eigenvalue weighted by Gasteiger charge is -2.14. The number of unbranched alkanes of at least 4 members (excludes halogenated alkanes) is 1. The first-order valence-corrected chi connectivity index (χ1v) is 11.7. The molecule has 33 heavy (non-hydrogen) atoms. The van der Waals surface area contributed by atoms with Gasteiger partial charge in [0.15, 0.2) is 5.56 Å². The summed E-state index contributed by atoms with van der Waals surface area (Å²) in [5.41, 5.74) is -0.508. The number of halogens is 3. The number of carbonyl (C=O) groups excluding carboxylic acids is 2. The van der Waals surface area contributed by atoms with Crippen molar-refractivity contribution in [2.75, 3.05) is 38.6 Å². The van der Waals surface area contributed by atoms with Crippen LogP contribution in [0.3, 0.4) is 0 Å². The highest BCUT2D eigenvalue weighted by atomic mass is 35.5. The molecule has 3 rings (SSSR count). The van der Waals surface area contributed by atoms with Gasteiger partial charge in [-0.1, -0.05) is 11.6 Å². The number of nitrogens with zero attached hydrogens (tertiary/aromatic N) is 2. The number of ether oxygens (including phenoxy) is 2. The first-order chi connectivity index (χ1) is 15.9. The van der Waals surface area contributed by atoms with Crippen molar-refractivity contribution >= 4 is 40.1 Å². The Labute approximate surface area is 199 Å². The van der Waals surface area contributed by atoms with E-state index in [1.54, 1.807) is 0 Å². The molecule has 2 N–H and O–H groups in total. The fourth-order valence-corrected chi connectivity index (χ4v) is 4.32. The van der Waals surface area contributed by atoms with Gasteiger partial charge in [0, 0.05) is 11.6 Å². The molecule has 2 amide bonds. The highest BCUT2D eigenvalue weighted by molar-refractivity contribution is 7.11. The summed E-state index contributed by atoms with van der Waals surface area (Å²) in [4.78, 5) is 26.9. The molecule has 0 aliphatic carbocycles. The SMILES string of the molecule is COC(=O)c1c(OCc2c(F)cc(Cl)cc2F)nsc1NC(=O)NCCCCN1CCCC1. The number of hydrogen-bond donors (Lipinski definition) is 2. The van der Waals surface area contributed by atoms with Crippen molar-refractivity contribution in [3.05, 3.63) is 39.9 Å². The number of rotatable bonds is 10. The number of methoxy groups -OCH3 is 1. The lowest BCUT2D eigenvalue weighted by atomic mass is 10.2. The Morgan fingerprint density at radius 1 is 1.21 bits per heavy atom. The molecule has 1 saturated heterocycles. The Kier molecular flexibility index (Phi) is 9.21. The fraction of sp³-hybridized carbons (Fsp3) is 0.476. The van der Waals surface area contributed by atoms with Gasteiger partial charge in [-0.05, 0) is 69.0 Å². The molecule has 12 heteroatoms. The van der Waals surface area contributed by atoms with Crippen LogP contribution in [-0.4, -0.2) is 54.6 Å². The van der Waals surface area contributed by atoms with Crippen LogP contribution in [0.5, 0.6) is 5.88 Å². The number of benzene rings is 1. The van der Waals surface area contributed by atoms with Crippen molar-refractivity contribution in [1.82, 2.24) is 14.6 Å².